The molecule has 244 valence electrons. The molecule has 0 radical (unpaired) electrons. The third kappa shape index (κ3) is 4.05. The minimum atomic E-state index is -1.45. The van der Waals surface area contributed by atoms with Crippen molar-refractivity contribution in [3.05, 3.63) is 183 Å². The van der Waals surface area contributed by atoms with Crippen molar-refractivity contribution in [3.8, 4) is 11.4 Å². The second-order valence-electron chi connectivity index (χ2n) is 13.2. The van der Waals surface area contributed by atoms with Crippen molar-refractivity contribution in [3.63, 3.8) is 0 Å². The van der Waals surface area contributed by atoms with E-state index >= 15 is 9.59 Å². The number of allylic oxidation sites excluding steroid dienone is 4. The van der Waals surface area contributed by atoms with Gasteiger partial charge in [0.1, 0.15) is 5.75 Å². The van der Waals surface area contributed by atoms with E-state index in [9.17, 15) is 14.7 Å². The summed E-state index contributed by atoms with van der Waals surface area (Å²) in [7, 11) is 0. The highest BCUT2D eigenvalue weighted by molar-refractivity contribution is 6.31. The Labute approximate surface area is 286 Å². The number of Topliss-reactive ketones (excluding diaryl/α,β-unsaturated/α-hetero) is 1. The first-order chi connectivity index (χ1) is 24.4. The fourth-order valence-corrected chi connectivity index (χ4v) is 8.78. The highest BCUT2D eigenvalue weighted by Gasteiger charge is 2.63. The fraction of sp³-hybridized carbons (Fsp3) is 0.143. The molecule has 1 aliphatic heterocycles. The maximum absolute atomic E-state index is 15.2. The van der Waals surface area contributed by atoms with Gasteiger partial charge in [0.15, 0.2) is 11.6 Å². The molecule has 1 aromatic heterocycles. The van der Waals surface area contributed by atoms with Crippen LogP contribution in [0.3, 0.4) is 0 Å². The quantitative estimate of drug-likeness (QED) is 0.230. The molecule has 2 aliphatic carbocycles. The predicted octanol–water partition coefficient (Wildman–Crippen LogP) is 6.12. The Morgan fingerprint density at radius 3 is 2.10 bits per heavy atom. The van der Waals surface area contributed by atoms with Crippen LogP contribution in [0.5, 0.6) is 5.75 Å². The molecule has 1 saturated carbocycles. The van der Waals surface area contributed by atoms with Crippen LogP contribution in [0.25, 0.3) is 22.0 Å². The summed E-state index contributed by atoms with van der Waals surface area (Å²) < 4.78 is 4.03. The summed E-state index contributed by atoms with van der Waals surface area (Å²) in [5.41, 5.74) is 0.757. The normalized spacial score (nSPS) is 22.7. The third-order valence-electron chi connectivity index (χ3n) is 10.9. The number of rotatable bonds is 4. The summed E-state index contributed by atoms with van der Waals surface area (Å²) in [4.78, 5) is 58.5. The van der Waals surface area contributed by atoms with Gasteiger partial charge in [0.2, 0.25) is 0 Å². The average molecular weight is 658 g/mol. The van der Waals surface area contributed by atoms with Crippen molar-refractivity contribution >= 4 is 27.9 Å². The van der Waals surface area contributed by atoms with Gasteiger partial charge in [0, 0.05) is 28.4 Å². The molecule has 0 amide bonds. The van der Waals surface area contributed by atoms with Crippen molar-refractivity contribution in [2.24, 2.45) is 5.92 Å². The smallest absolute Gasteiger partial charge is 0.352 e. The van der Waals surface area contributed by atoms with Gasteiger partial charge in [-0.15, -0.1) is 0 Å². The number of phenols is 1. The van der Waals surface area contributed by atoms with Gasteiger partial charge in [0.05, 0.1) is 23.7 Å². The van der Waals surface area contributed by atoms with Crippen LogP contribution in [0.15, 0.2) is 155 Å². The maximum atomic E-state index is 15.2. The third-order valence-corrected chi connectivity index (χ3v) is 10.9. The summed E-state index contributed by atoms with van der Waals surface area (Å²) in [6.07, 6.45) is 3.48. The zero-order valence-corrected chi connectivity index (χ0v) is 26.8. The zero-order valence-electron chi connectivity index (χ0n) is 26.8. The minimum Gasteiger partial charge on any atom is -0.507 e. The number of aromatic nitrogens is 3. The number of hydrogen-bond donors (Lipinski definition) is 1. The van der Waals surface area contributed by atoms with Gasteiger partial charge >= 0.3 is 11.4 Å². The molecule has 8 heteroatoms. The Kier molecular flexibility index (Phi) is 6.64. The molecule has 9 rings (SSSR count). The summed E-state index contributed by atoms with van der Waals surface area (Å²) in [6.45, 7) is 0.0767. The molecule has 2 heterocycles. The Morgan fingerprint density at radius 1 is 0.700 bits per heavy atom. The van der Waals surface area contributed by atoms with Crippen LogP contribution in [-0.4, -0.2) is 30.6 Å². The Balaban J connectivity index is 1.36. The van der Waals surface area contributed by atoms with Crippen LogP contribution in [0.1, 0.15) is 35.1 Å². The molecule has 4 atom stereocenters. The lowest BCUT2D eigenvalue weighted by Gasteiger charge is -2.54. The van der Waals surface area contributed by atoms with E-state index in [2.05, 4.69) is 0 Å². The largest absolute Gasteiger partial charge is 0.507 e. The second-order valence-corrected chi connectivity index (χ2v) is 13.2. The number of para-hydroxylation sites is 1. The Bertz CT molecular complexity index is 2540. The number of aromatic hydroxyl groups is 1. The van der Waals surface area contributed by atoms with Crippen molar-refractivity contribution in [2.45, 2.75) is 30.3 Å². The number of benzene rings is 5. The lowest BCUT2D eigenvalue weighted by Crippen LogP contribution is -2.58. The summed E-state index contributed by atoms with van der Waals surface area (Å²) >= 11 is 0. The molecule has 50 heavy (non-hydrogen) atoms. The molecule has 5 aromatic carbocycles. The first-order valence-electron chi connectivity index (χ1n) is 16.7. The van der Waals surface area contributed by atoms with Crippen LogP contribution in [0.4, 0.5) is 0 Å². The molecule has 0 saturated heterocycles. The van der Waals surface area contributed by atoms with Gasteiger partial charge in [-0.1, -0.05) is 121 Å². The number of fused-ring (bicyclic) bond motifs is 5. The van der Waals surface area contributed by atoms with Crippen molar-refractivity contribution in [2.75, 3.05) is 0 Å². The van der Waals surface area contributed by atoms with Gasteiger partial charge in [-0.25, -0.2) is 23.5 Å². The van der Waals surface area contributed by atoms with Crippen LogP contribution in [0.2, 0.25) is 0 Å². The molecule has 3 aliphatic rings. The monoisotopic (exact) mass is 657 g/mol. The van der Waals surface area contributed by atoms with E-state index in [-0.39, 0.29) is 30.3 Å². The van der Waals surface area contributed by atoms with Crippen molar-refractivity contribution < 1.29 is 14.7 Å². The van der Waals surface area contributed by atoms with Gasteiger partial charge < -0.3 is 5.11 Å². The lowest BCUT2D eigenvalue weighted by atomic mass is 9.47. The maximum Gasteiger partial charge on any atom is 0.352 e. The summed E-state index contributed by atoms with van der Waals surface area (Å²) in [5.74, 6) is -2.25. The molecule has 0 bridgehead atoms. The van der Waals surface area contributed by atoms with E-state index in [1.807, 2.05) is 109 Å². The molecular formula is C42H31N3O5. The minimum absolute atomic E-state index is 0.0129. The van der Waals surface area contributed by atoms with Crippen LogP contribution < -0.4 is 11.4 Å². The first kappa shape index (κ1) is 29.8. The number of carbonyl (C=O) groups is 2. The number of phenolic OH excluding ortho intramolecular Hbond substituents is 1. The van der Waals surface area contributed by atoms with Gasteiger partial charge in [-0.2, -0.15) is 0 Å². The molecule has 0 spiro atoms. The van der Waals surface area contributed by atoms with Gasteiger partial charge in [-0.05, 0) is 46.7 Å². The van der Waals surface area contributed by atoms with E-state index in [1.54, 1.807) is 24.3 Å². The fourth-order valence-electron chi connectivity index (χ4n) is 8.78. The van der Waals surface area contributed by atoms with Crippen LogP contribution >= 0.6 is 0 Å². The Morgan fingerprint density at radius 2 is 1.36 bits per heavy atom. The van der Waals surface area contributed by atoms with Crippen LogP contribution in [-0.2, 0) is 21.5 Å². The number of nitrogens with zero attached hydrogens (tertiary/aromatic N) is 3. The molecule has 4 unspecified atom stereocenters. The molecule has 8 nitrogen and oxygen atoms in total. The van der Waals surface area contributed by atoms with E-state index in [4.69, 9.17) is 0 Å². The molecule has 1 N–H and O–H groups in total. The van der Waals surface area contributed by atoms with E-state index < -0.39 is 34.7 Å². The molecular weight excluding hydrogens is 626 g/mol. The number of carbonyl (C=O) groups excluding carboxylic acids is 2. The average Bonchev–Trinajstić information content (AvgIpc) is 3.42. The molecule has 6 aromatic rings. The van der Waals surface area contributed by atoms with E-state index in [0.29, 0.717) is 38.9 Å². The van der Waals surface area contributed by atoms with Crippen molar-refractivity contribution in [1.29, 1.82) is 0 Å². The van der Waals surface area contributed by atoms with Gasteiger partial charge in [0.25, 0.3) is 0 Å². The lowest BCUT2D eigenvalue weighted by molar-refractivity contribution is -0.133. The second kappa shape index (κ2) is 11.1. The zero-order chi connectivity index (χ0) is 34.1. The summed E-state index contributed by atoms with van der Waals surface area (Å²) in [5, 5.41) is 13.5. The standard InChI is InChI=1S/C42H31N3O5/c46-36-24-33(26-12-4-1-5-13-26)39(48)34-25-35-31(22-23-43-40(49)44(41(50)45(35)43)29-17-8-3-9-18-29)37(42(34,36)28-15-6-2-7-16-28)32-21-20-27-14-10-11-19-30(27)38(32)47/h1-22,24,34-35,37,47H,23,25H2. The highest BCUT2D eigenvalue weighted by Crippen LogP contribution is 2.62. The summed E-state index contributed by atoms with van der Waals surface area (Å²) in [6, 6.07) is 37.7. The predicted molar refractivity (Wildman–Crippen MR) is 190 cm³/mol. The first-order valence-corrected chi connectivity index (χ1v) is 16.7. The van der Waals surface area contributed by atoms with Crippen molar-refractivity contribution in [1.82, 2.24) is 13.9 Å². The number of hydrogen-bond acceptors (Lipinski definition) is 5. The Hall–Kier alpha value is -6.28. The SMILES string of the molecule is O=C1C(c2ccccc2)=CC(=O)C2(c3ccccc3)C1CC1C(=CCn3c(=O)n(-c4ccccc4)c(=O)n31)C2c1ccc2ccccc2c1O. The highest BCUT2D eigenvalue weighted by atomic mass is 16.3. The van der Waals surface area contributed by atoms with E-state index in [1.165, 1.54) is 15.4 Å². The van der Waals surface area contributed by atoms with Gasteiger partial charge in [-0.3, -0.25) is 9.59 Å². The van der Waals surface area contributed by atoms with Crippen LogP contribution in [0, 0.1) is 5.92 Å². The topological polar surface area (TPSA) is 103 Å². The molecule has 1 fully saturated rings. The number of ketones is 2. The van der Waals surface area contributed by atoms with E-state index in [0.717, 1.165) is 9.95 Å².